The molecule has 0 heterocycles. The van der Waals surface area contributed by atoms with E-state index in [1.165, 1.54) is 12.1 Å². The predicted molar refractivity (Wildman–Crippen MR) is 58.2 cm³/mol. The molecule has 0 fully saturated rings. The molecule has 1 aromatic rings. The van der Waals surface area contributed by atoms with Gasteiger partial charge in [0.2, 0.25) is 0 Å². The van der Waals surface area contributed by atoms with Gasteiger partial charge in [-0.3, -0.25) is 0 Å². The lowest BCUT2D eigenvalue weighted by molar-refractivity contribution is 0.164. The fourth-order valence-electron chi connectivity index (χ4n) is 1.22. The quantitative estimate of drug-likeness (QED) is 0.789. The molecule has 3 N–H and O–H groups in total. The van der Waals surface area contributed by atoms with E-state index in [0.29, 0.717) is 0 Å². The third kappa shape index (κ3) is 3.02. The van der Waals surface area contributed by atoms with Crippen LogP contribution in [-0.2, 0) is 9.84 Å². The maximum absolute atomic E-state index is 11.2. The second-order valence-electron chi connectivity index (χ2n) is 3.61. The summed E-state index contributed by atoms with van der Waals surface area (Å²) >= 11 is 0. The smallest absolute Gasteiger partial charge is 0.175 e. The summed E-state index contributed by atoms with van der Waals surface area (Å²) in [6.45, 7) is 1.59. The lowest BCUT2D eigenvalue weighted by Crippen LogP contribution is -2.23. The van der Waals surface area contributed by atoms with E-state index >= 15 is 0 Å². The van der Waals surface area contributed by atoms with Crippen LogP contribution in [0.5, 0.6) is 0 Å². The Labute approximate surface area is 89.7 Å². The summed E-state index contributed by atoms with van der Waals surface area (Å²) in [5.41, 5.74) is 6.42. The zero-order valence-electron chi connectivity index (χ0n) is 8.71. The number of hydrogen-bond acceptors (Lipinski definition) is 4. The zero-order valence-corrected chi connectivity index (χ0v) is 9.53. The molecular formula is C10H15NO3S. The average molecular weight is 229 g/mol. The van der Waals surface area contributed by atoms with Gasteiger partial charge in [-0.05, 0) is 24.6 Å². The molecule has 5 heteroatoms. The number of sulfone groups is 1. The van der Waals surface area contributed by atoms with Crippen molar-refractivity contribution in [2.24, 2.45) is 5.73 Å². The number of benzene rings is 1. The first-order chi connectivity index (χ1) is 6.82. The van der Waals surface area contributed by atoms with E-state index in [1.807, 2.05) is 0 Å². The summed E-state index contributed by atoms with van der Waals surface area (Å²) in [5, 5.41) is 9.26. The highest BCUT2D eigenvalue weighted by Crippen LogP contribution is 2.17. The number of hydrogen-bond donors (Lipinski definition) is 2. The van der Waals surface area contributed by atoms with Crippen LogP contribution in [0.2, 0.25) is 0 Å². The van der Waals surface area contributed by atoms with Crippen molar-refractivity contribution in [1.82, 2.24) is 0 Å². The summed E-state index contributed by atoms with van der Waals surface area (Å²) < 4.78 is 22.3. The number of aliphatic hydroxyl groups is 1. The van der Waals surface area contributed by atoms with Crippen molar-refractivity contribution in [1.29, 1.82) is 0 Å². The van der Waals surface area contributed by atoms with E-state index in [9.17, 15) is 13.5 Å². The average Bonchev–Trinajstić information content (AvgIpc) is 2.15. The minimum absolute atomic E-state index is 0.254. The van der Waals surface area contributed by atoms with E-state index in [0.717, 1.165) is 11.8 Å². The van der Waals surface area contributed by atoms with Crippen molar-refractivity contribution in [3.05, 3.63) is 29.8 Å². The molecule has 0 aliphatic carbocycles. The van der Waals surface area contributed by atoms with Gasteiger partial charge in [-0.2, -0.15) is 0 Å². The van der Waals surface area contributed by atoms with E-state index in [1.54, 1.807) is 19.1 Å². The molecule has 0 bridgehead atoms. The van der Waals surface area contributed by atoms with E-state index in [4.69, 9.17) is 5.73 Å². The van der Waals surface area contributed by atoms with Crippen molar-refractivity contribution in [2.45, 2.75) is 24.0 Å². The first-order valence-corrected chi connectivity index (χ1v) is 6.45. The Morgan fingerprint density at radius 1 is 1.27 bits per heavy atom. The van der Waals surface area contributed by atoms with Gasteiger partial charge < -0.3 is 10.8 Å². The second-order valence-corrected chi connectivity index (χ2v) is 5.62. The molecule has 0 aliphatic rings. The largest absolute Gasteiger partial charge is 0.391 e. The van der Waals surface area contributed by atoms with Crippen molar-refractivity contribution in [3.63, 3.8) is 0 Å². The Kier molecular flexibility index (Phi) is 3.49. The van der Waals surface area contributed by atoms with Gasteiger partial charge in [0.15, 0.2) is 9.84 Å². The van der Waals surface area contributed by atoms with Crippen LogP contribution in [0.3, 0.4) is 0 Å². The topological polar surface area (TPSA) is 80.4 Å². The van der Waals surface area contributed by atoms with Crippen LogP contribution in [-0.4, -0.2) is 25.9 Å². The van der Waals surface area contributed by atoms with Crippen LogP contribution >= 0.6 is 0 Å². The molecule has 2 unspecified atom stereocenters. The van der Waals surface area contributed by atoms with Crippen LogP contribution < -0.4 is 5.73 Å². The summed E-state index contributed by atoms with van der Waals surface area (Å²) in [5.74, 6) is 0. The number of rotatable bonds is 3. The molecule has 0 saturated heterocycles. The van der Waals surface area contributed by atoms with Crippen LogP contribution in [0.25, 0.3) is 0 Å². The first-order valence-electron chi connectivity index (χ1n) is 4.56. The van der Waals surface area contributed by atoms with Crippen molar-refractivity contribution >= 4 is 9.84 Å². The molecule has 15 heavy (non-hydrogen) atoms. The minimum atomic E-state index is -3.17. The molecule has 0 radical (unpaired) electrons. The highest BCUT2D eigenvalue weighted by molar-refractivity contribution is 7.90. The highest BCUT2D eigenvalue weighted by Gasteiger charge is 2.13. The van der Waals surface area contributed by atoms with E-state index in [-0.39, 0.29) is 4.90 Å². The van der Waals surface area contributed by atoms with Crippen molar-refractivity contribution < 1.29 is 13.5 Å². The Bertz CT molecular complexity index is 422. The normalized spacial score (nSPS) is 16.0. The first kappa shape index (κ1) is 12.2. The zero-order chi connectivity index (χ0) is 11.6. The SMILES string of the molecule is CC(O)C(N)c1ccc(S(C)(=O)=O)cc1. The molecule has 84 valence electrons. The molecule has 1 aromatic carbocycles. The summed E-state index contributed by atoms with van der Waals surface area (Å²) in [7, 11) is -3.17. The standard InChI is InChI=1S/C10H15NO3S/c1-7(12)10(11)8-3-5-9(6-4-8)15(2,13)14/h3-7,10,12H,11H2,1-2H3. The minimum Gasteiger partial charge on any atom is -0.391 e. The summed E-state index contributed by atoms with van der Waals surface area (Å²) in [6, 6.07) is 5.74. The molecule has 4 nitrogen and oxygen atoms in total. The van der Waals surface area contributed by atoms with Gasteiger partial charge in [-0.25, -0.2) is 8.42 Å². The second kappa shape index (κ2) is 4.30. The Hall–Kier alpha value is -0.910. The molecular weight excluding hydrogens is 214 g/mol. The monoisotopic (exact) mass is 229 g/mol. The third-order valence-electron chi connectivity index (χ3n) is 2.21. The molecule has 1 rings (SSSR count). The van der Waals surface area contributed by atoms with Gasteiger partial charge in [0.1, 0.15) is 0 Å². The number of aliphatic hydroxyl groups excluding tert-OH is 1. The molecule has 0 amide bonds. The third-order valence-corrected chi connectivity index (χ3v) is 3.34. The van der Waals surface area contributed by atoms with E-state index < -0.39 is 22.0 Å². The van der Waals surface area contributed by atoms with Crippen molar-refractivity contribution in [2.75, 3.05) is 6.26 Å². The van der Waals surface area contributed by atoms with E-state index in [2.05, 4.69) is 0 Å². The maximum Gasteiger partial charge on any atom is 0.175 e. The molecule has 0 saturated carbocycles. The van der Waals surface area contributed by atoms with Crippen LogP contribution in [0.15, 0.2) is 29.2 Å². The summed E-state index contributed by atoms with van der Waals surface area (Å²) in [4.78, 5) is 0.254. The Morgan fingerprint density at radius 2 is 1.73 bits per heavy atom. The van der Waals surface area contributed by atoms with Crippen LogP contribution in [0.1, 0.15) is 18.5 Å². The van der Waals surface area contributed by atoms with Gasteiger partial charge in [0.05, 0.1) is 17.0 Å². The summed E-state index contributed by atoms with van der Waals surface area (Å²) in [6.07, 6.45) is 0.491. The van der Waals surface area contributed by atoms with Crippen molar-refractivity contribution in [3.8, 4) is 0 Å². The predicted octanol–water partition coefficient (Wildman–Crippen LogP) is 0.471. The molecule has 0 aliphatic heterocycles. The Balaban J connectivity index is 3.01. The van der Waals surface area contributed by atoms with Gasteiger partial charge in [-0.15, -0.1) is 0 Å². The Morgan fingerprint density at radius 3 is 2.07 bits per heavy atom. The van der Waals surface area contributed by atoms with Crippen LogP contribution in [0.4, 0.5) is 0 Å². The number of nitrogens with two attached hydrogens (primary N) is 1. The van der Waals surface area contributed by atoms with Gasteiger partial charge >= 0.3 is 0 Å². The lowest BCUT2D eigenvalue weighted by Gasteiger charge is -2.15. The fourth-order valence-corrected chi connectivity index (χ4v) is 1.85. The van der Waals surface area contributed by atoms with Crippen LogP contribution in [0, 0.1) is 0 Å². The fraction of sp³-hybridized carbons (Fsp3) is 0.400. The molecule has 2 atom stereocenters. The van der Waals surface area contributed by atoms with Gasteiger partial charge in [-0.1, -0.05) is 12.1 Å². The van der Waals surface area contributed by atoms with Gasteiger partial charge in [0.25, 0.3) is 0 Å². The lowest BCUT2D eigenvalue weighted by atomic mass is 10.0. The highest BCUT2D eigenvalue weighted by atomic mass is 32.2. The molecule has 0 spiro atoms. The molecule has 0 aromatic heterocycles. The van der Waals surface area contributed by atoms with Gasteiger partial charge in [0, 0.05) is 6.26 Å². The maximum atomic E-state index is 11.2.